The van der Waals surface area contributed by atoms with Gasteiger partial charge in [-0.25, -0.2) is 12.8 Å². The third-order valence-electron chi connectivity index (χ3n) is 5.27. The van der Waals surface area contributed by atoms with E-state index in [1.54, 1.807) is 18.2 Å². The Morgan fingerprint density at radius 1 is 1.03 bits per heavy atom. The van der Waals surface area contributed by atoms with E-state index in [2.05, 4.69) is 5.32 Å². The van der Waals surface area contributed by atoms with Gasteiger partial charge in [0.2, 0.25) is 5.91 Å². The molecule has 1 N–H and O–H groups in total. The minimum absolute atomic E-state index is 0.0454. The number of halogens is 1. The van der Waals surface area contributed by atoms with Gasteiger partial charge in [-0.15, -0.1) is 0 Å². The van der Waals surface area contributed by atoms with E-state index in [1.165, 1.54) is 24.3 Å². The Kier molecular flexibility index (Phi) is 5.88. The molecule has 3 aromatic carbocycles. The lowest BCUT2D eigenvalue weighted by Crippen LogP contribution is -2.43. The van der Waals surface area contributed by atoms with Gasteiger partial charge in [-0.05, 0) is 49.7 Å². The van der Waals surface area contributed by atoms with Gasteiger partial charge in [0.05, 0.1) is 17.1 Å². The molecule has 0 atom stereocenters. The molecular formula is C24H23FN2O4S. The third kappa shape index (κ3) is 4.18. The van der Waals surface area contributed by atoms with Gasteiger partial charge in [-0.2, -0.15) is 0 Å². The van der Waals surface area contributed by atoms with Crippen LogP contribution in [0.1, 0.15) is 11.1 Å². The van der Waals surface area contributed by atoms with Crippen molar-refractivity contribution in [3.05, 3.63) is 77.6 Å². The lowest BCUT2D eigenvalue weighted by molar-refractivity contribution is -0.119. The molecule has 166 valence electrons. The van der Waals surface area contributed by atoms with Crippen LogP contribution in [0.15, 0.2) is 65.6 Å². The van der Waals surface area contributed by atoms with E-state index in [-0.39, 0.29) is 23.7 Å². The lowest BCUT2D eigenvalue weighted by Gasteiger charge is -2.31. The molecule has 6 nitrogen and oxygen atoms in total. The zero-order valence-electron chi connectivity index (χ0n) is 17.8. The molecule has 0 radical (unpaired) electrons. The van der Waals surface area contributed by atoms with Crippen LogP contribution < -0.4 is 14.4 Å². The van der Waals surface area contributed by atoms with E-state index in [0.29, 0.717) is 11.1 Å². The summed E-state index contributed by atoms with van der Waals surface area (Å²) in [7, 11) is -3.97. The maximum absolute atomic E-state index is 13.9. The van der Waals surface area contributed by atoms with Gasteiger partial charge in [0.15, 0.2) is 0 Å². The maximum Gasteiger partial charge on any atom is 0.265 e. The number of hydrogen-bond donors (Lipinski definition) is 1. The smallest absolute Gasteiger partial charge is 0.265 e. The Hall–Kier alpha value is -3.39. The van der Waals surface area contributed by atoms with E-state index < -0.39 is 28.3 Å². The first-order valence-corrected chi connectivity index (χ1v) is 11.6. The molecule has 0 spiro atoms. The quantitative estimate of drug-likeness (QED) is 0.575. The molecule has 0 bridgehead atoms. The third-order valence-corrected chi connectivity index (χ3v) is 7.09. The molecule has 1 amide bonds. The van der Waals surface area contributed by atoms with Crippen molar-refractivity contribution in [2.75, 3.05) is 24.0 Å². The summed E-state index contributed by atoms with van der Waals surface area (Å²) >= 11 is 0. The molecule has 1 aliphatic rings. The molecule has 3 aromatic rings. The number of nitrogens with one attached hydrogen (secondary N) is 1. The molecule has 0 saturated heterocycles. The fourth-order valence-electron chi connectivity index (χ4n) is 3.77. The van der Waals surface area contributed by atoms with Crippen LogP contribution >= 0.6 is 0 Å². The van der Waals surface area contributed by atoms with Crippen molar-refractivity contribution < 1.29 is 22.3 Å². The first kappa shape index (κ1) is 21.8. The standard InChI is InChI=1S/C24H23FN2O4S/c1-16-7-10-22(17(2)13-16)31-12-11-26-24(28)15-27-21-9-8-18(25)14-20(21)19-5-3-4-6-23(19)32(27,29)30/h3-10,13-14H,11-12,15H2,1-2H3,(H,26,28). The number of rotatable bonds is 6. The molecular weight excluding hydrogens is 431 g/mol. The first-order chi connectivity index (χ1) is 15.3. The van der Waals surface area contributed by atoms with Crippen molar-refractivity contribution in [1.29, 1.82) is 0 Å². The molecule has 0 aromatic heterocycles. The number of hydrogen-bond acceptors (Lipinski definition) is 4. The van der Waals surface area contributed by atoms with E-state index in [4.69, 9.17) is 4.74 Å². The molecule has 4 rings (SSSR count). The average Bonchev–Trinajstić information content (AvgIpc) is 2.76. The number of carbonyl (C=O) groups is 1. The Balaban J connectivity index is 1.47. The zero-order valence-corrected chi connectivity index (χ0v) is 18.6. The van der Waals surface area contributed by atoms with Gasteiger partial charge in [0, 0.05) is 11.1 Å². The Bertz CT molecular complexity index is 1290. The number of anilines is 1. The van der Waals surface area contributed by atoms with Gasteiger partial charge in [-0.3, -0.25) is 9.10 Å². The van der Waals surface area contributed by atoms with E-state index in [1.807, 2.05) is 32.0 Å². The monoisotopic (exact) mass is 454 g/mol. The number of benzene rings is 3. The normalized spacial score (nSPS) is 13.8. The molecule has 0 unspecified atom stereocenters. The SMILES string of the molecule is Cc1ccc(OCCNC(=O)CN2c3ccc(F)cc3-c3ccccc3S2(=O)=O)c(C)c1. The molecule has 0 aliphatic carbocycles. The summed E-state index contributed by atoms with van der Waals surface area (Å²) in [6, 6.07) is 16.1. The predicted octanol–water partition coefficient (Wildman–Crippen LogP) is 3.81. The second-order valence-electron chi connectivity index (χ2n) is 7.64. The zero-order chi connectivity index (χ0) is 22.9. The molecule has 8 heteroatoms. The van der Waals surface area contributed by atoms with Crippen molar-refractivity contribution in [2.45, 2.75) is 18.7 Å². The number of sulfonamides is 1. The first-order valence-electron chi connectivity index (χ1n) is 10.2. The van der Waals surface area contributed by atoms with E-state index >= 15 is 0 Å². The summed E-state index contributed by atoms with van der Waals surface area (Å²) < 4.78 is 47.0. The van der Waals surface area contributed by atoms with E-state index in [9.17, 15) is 17.6 Å². The number of aryl methyl sites for hydroxylation is 2. The van der Waals surface area contributed by atoms with Crippen molar-refractivity contribution in [1.82, 2.24) is 5.32 Å². The highest BCUT2D eigenvalue weighted by Gasteiger charge is 2.35. The van der Waals surface area contributed by atoms with Crippen LogP contribution in [0.5, 0.6) is 5.75 Å². The summed E-state index contributed by atoms with van der Waals surface area (Å²) in [5.41, 5.74) is 3.25. The van der Waals surface area contributed by atoms with Crippen LogP contribution in [-0.4, -0.2) is 34.0 Å². The topological polar surface area (TPSA) is 75.7 Å². The summed E-state index contributed by atoms with van der Waals surface area (Å²) in [6.45, 7) is 3.98. The van der Waals surface area contributed by atoms with Gasteiger partial charge < -0.3 is 10.1 Å². The van der Waals surface area contributed by atoms with Crippen LogP contribution in [0.2, 0.25) is 0 Å². The van der Waals surface area contributed by atoms with Gasteiger partial charge >= 0.3 is 0 Å². The van der Waals surface area contributed by atoms with E-state index in [0.717, 1.165) is 21.2 Å². The van der Waals surface area contributed by atoms with Crippen molar-refractivity contribution in [2.24, 2.45) is 0 Å². The number of amides is 1. The average molecular weight is 455 g/mol. The minimum atomic E-state index is -3.97. The summed E-state index contributed by atoms with van der Waals surface area (Å²) in [6.07, 6.45) is 0. The second-order valence-corrected chi connectivity index (χ2v) is 9.47. The Labute approximate surface area is 186 Å². The van der Waals surface area contributed by atoms with Crippen molar-refractivity contribution >= 4 is 21.6 Å². The molecule has 1 aliphatic heterocycles. The molecule has 32 heavy (non-hydrogen) atoms. The van der Waals surface area contributed by atoms with Crippen LogP contribution in [-0.2, 0) is 14.8 Å². The van der Waals surface area contributed by atoms with Gasteiger partial charge in [0.1, 0.15) is 24.7 Å². The fraction of sp³-hybridized carbons (Fsp3) is 0.208. The summed E-state index contributed by atoms with van der Waals surface area (Å²) in [5, 5.41) is 2.69. The van der Waals surface area contributed by atoms with Crippen LogP contribution in [0, 0.1) is 19.7 Å². The highest BCUT2D eigenvalue weighted by atomic mass is 32.2. The number of ether oxygens (including phenoxy) is 1. The second kappa shape index (κ2) is 8.63. The van der Waals surface area contributed by atoms with Crippen molar-refractivity contribution in [3.8, 4) is 16.9 Å². The summed E-state index contributed by atoms with van der Waals surface area (Å²) in [5.74, 6) is -0.228. The maximum atomic E-state index is 13.9. The number of nitrogens with zero attached hydrogens (tertiary/aromatic N) is 1. The molecule has 1 heterocycles. The lowest BCUT2D eigenvalue weighted by atomic mass is 10.0. The fourth-order valence-corrected chi connectivity index (χ4v) is 5.42. The largest absolute Gasteiger partial charge is 0.491 e. The Morgan fingerprint density at radius 2 is 1.81 bits per heavy atom. The van der Waals surface area contributed by atoms with Crippen LogP contribution in [0.3, 0.4) is 0 Å². The highest BCUT2D eigenvalue weighted by molar-refractivity contribution is 7.93. The predicted molar refractivity (Wildman–Crippen MR) is 121 cm³/mol. The van der Waals surface area contributed by atoms with Crippen molar-refractivity contribution in [3.63, 3.8) is 0 Å². The van der Waals surface area contributed by atoms with Gasteiger partial charge in [0.25, 0.3) is 10.0 Å². The van der Waals surface area contributed by atoms with Crippen LogP contribution in [0.25, 0.3) is 11.1 Å². The molecule has 0 fully saturated rings. The Morgan fingerprint density at radius 3 is 2.59 bits per heavy atom. The number of fused-ring (bicyclic) bond motifs is 3. The van der Waals surface area contributed by atoms with Gasteiger partial charge in [-0.1, -0.05) is 35.9 Å². The minimum Gasteiger partial charge on any atom is -0.491 e. The number of carbonyl (C=O) groups excluding carboxylic acids is 1. The molecule has 0 saturated carbocycles. The highest BCUT2D eigenvalue weighted by Crippen LogP contribution is 2.42. The summed E-state index contributed by atoms with van der Waals surface area (Å²) in [4.78, 5) is 12.6. The van der Waals surface area contributed by atoms with Crippen LogP contribution in [0.4, 0.5) is 10.1 Å².